The fourth-order valence-corrected chi connectivity index (χ4v) is 6.20. The van der Waals surface area contributed by atoms with Crippen molar-refractivity contribution in [2.75, 3.05) is 18.4 Å². The van der Waals surface area contributed by atoms with Crippen LogP contribution >= 0.6 is 0 Å². The van der Waals surface area contributed by atoms with E-state index in [1.165, 1.54) is 6.07 Å². The maximum atomic E-state index is 13.3. The Bertz CT molecular complexity index is 1120. The van der Waals surface area contributed by atoms with Gasteiger partial charge in [0, 0.05) is 30.8 Å². The van der Waals surface area contributed by atoms with Gasteiger partial charge >= 0.3 is 6.18 Å². The fraction of sp³-hybridized carbons (Fsp3) is 0.458. The number of sulfonamides is 1. The first-order chi connectivity index (χ1) is 16.1. The number of halogens is 3. The van der Waals surface area contributed by atoms with Crippen molar-refractivity contribution in [3.05, 3.63) is 54.1 Å². The second-order valence-corrected chi connectivity index (χ2v) is 10.6. The van der Waals surface area contributed by atoms with Crippen molar-refractivity contribution in [3.63, 3.8) is 0 Å². The molecule has 4 rings (SSSR count). The number of piperidine rings is 1. The van der Waals surface area contributed by atoms with E-state index in [4.69, 9.17) is 4.74 Å². The van der Waals surface area contributed by atoms with Crippen LogP contribution in [0, 0.1) is 5.92 Å². The van der Waals surface area contributed by atoms with Crippen molar-refractivity contribution in [1.82, 2.24) is 4.31 Å². The fourth-order valence-electron chi connectivity index (χ4n) is 4.51. The van der Waals surface area contributed by atoms with Gasteiger partial charge in [0.2, 0.25) is 15.9 Å². The molecule has 1 saturated carbocycles. The molecule has 2 aliphatic rings. The third-order valence-electron chi connectivity index (χ3n) is 6.34. The van der Waals surface area contributed by atoms with E-state index in [1.807, 2.05) is 6.07 Å². The Labute approximate surface area is 197 Å². The van der Waals surface area contributed by atoms with Gasteiger partial charge in [-0.1, -0.05) is 18.2 Å². The summed E-state index contributed by atoms with van der Waals surface area (Å²) in [6, 6.07) is 11.3. The van der Waals surface area contributed by atoms with Crippen molar-refractivity contribution in [2.24, 2.45) is 5.92 Å². The van der Waals surface area contributed by atoms with Crippen molar-refractivity contribution in [3.8, 4) is 5.75 Å². The zero-order chi connectivity index (χ0) is 24.3. The SMILES string of the molecule is O=C(Nc1cccc(OC2CCCC2)c1)C1CCN(S(=O)(=O)c2ccccc2C(F)(F)F)CC1. The van der Waals surface area contributed by atoms with Crippen LogP contribution in [0.4, 0.5) is 18.9 Å². The number of hydrogen-bond donors (Lipinski definition) is 1. The molecule has 1 saturated heterocycles. The van der Waals surface area contributed by atoms with Crippen molar-refractivity contribution in [1.29, 1.82) is 0 Å². The van der Waals surface area contributed by atoms with Crippen molar-refractivity contribution in [2.45, 2.75) is 55.7 Å². The van der Waals surface area contributed by atoms with Gasteiger partial charge in [0.15, 0.2) is 0 Å². The van der Waals surface area contributed by atoms with E-state index in [0.717, 1.165) is 48.2 Å². The summed E-state index contributed by atoms with van der Waals surface area (Å²) in [5, 5.41) is 2.86. The molecule has 34 heavy (non-hydrogen) atoms. The highest BCUT2D eigenvalue weighted by Crippen LogP contribution is 2.36. The lowest BCUT2D eigenvalue weighted by molar-refractivity contribution is -0.139. The van der Waals surface area contributed by atoms with Crippen LogP contribution in [0.25, 0.3) is 0 Å². The molecular weight excluding hydrogens is 469 g/mol. The van der Waals surface area contributed by atoms with E-state index in [-0.39, 0.29) is 37.9 Å². The predicted molar refractivity (Wildman–Crippen MR) is 121 cm³/mol. The molecule has 0 unspecified atom stereocenters. The summed E-state index contributed by atoms with van der Waals surface area (Å²) in [7, 11) is -4.34. The van der Waals surface area contributed by atoms with Gasteiger partial charge in [-0.2, -0.15) is 17.5 Å². The highest BCUT2D eigenvalue weighted by Gasteiger charge is 2.40. The van der Waals surface area contributed by atoms with Crippen LogP contribution in [-0.4, -0.2) is 37.8 Å². The van der Waals surface area contributed by atoms with E-state index >= 15 is 0 Å². The summed E-state index contributed by atoms with van der Waals surface area (Å²) in [6.45, 7) is -0.0606. The molecule has 2 aromatic carbocycles. The molecule has 2 aromatic rings. The molecule has 1 aliphatic carbocycles. The number of nitrogens with zero attached hydrogens (tertiary/aromatic N) is 1. The highest BCUT2D eigenvalue weighted by atomic mass is 32.2. The maximum absolute atomic E-state index is 13.3. The van der Waals surface area contributed by atoms with E-state index in [0.29, 0.717) is 11.4 Å². The number of rotatable bonds is 6. The van der Waals surface area contributed by atoms with Gasteiger partial charge in [0.1, 0.15) is 5.75 Å². The van der Waals surface area contributed by atoms with Gasteiger partial charge in [0.05, 0.1) is 16.6 Å². The first kappa shape index (κ1) is 24.5. The van der Waals surface area contributed by atoms with Gasteiger partial charge < -0.3 is 10.1 Å². The van der Waals surface area contributed by atoms with Gasteiger partial charge in [-0.3, -0.25) is 4.79 Å². The average molecular weight is 497 g/mol. The molecule has 2 fully saturated rings. The van der Waals surface area contributed by atoms with Gasteiger partial charge in [-0.15, -0.1) is 0 Å². The number of alkyl halides is 3. The zero-order valence-corrected chi connectivity index (χ0v) is 19.4. The summed E-state index contributed by atoms with van der Waals surface area (Å²) in [6.07, 6.45) is 0.193. The Kier molecular flexibility index (Phi) is 7.18. The first-order valence-corrected chi connectivity index (χ1v) is 12.8. The standard InChI is InChI=1S/C24H27F3N2O4S/c25-24(26,27)21-10-3-4-11-22(21)34(31,32)29-14-12-17(13-15-29)23(30)28-18-6-5-9-20(16-18)33-19-7-1-2-8-19/h3-6,9-11,16-17,19H,1-2,7-8,12-15H2,(H,28,30). The van der Waals surface area contributed by atoms with Crippen LogP contribution in [0.2, 0.25) is 0 Å². The number of amides is 1. The highest BCUT2D eigenvalue weighted by molar-refractivity contribution is 7.89. The molecule has 10 heteroatoms. The summed E-state index contributed by atoms with van der Waals surface area (Å²) < 4.78 is 72.8. The van der Waals surface area contributed by atoms with E-state index in [2.05, 4.69) is 5.32 Å². The second-order valence-electron chi connectivity index (χ2n) is 8.71. The molecule has 184 valence electrons. The molecule has 1 N–H and O–H groups in total. The van der Waals surface area contributed by atoms with E-state index in [1.54, 1.807) is 18.2 Å². The Morgan fingerprint density at radius 3 is 2.32 bits per heavy atom. The molecule has 6 nitrogen and oxygen atoms in total. The predicted octanol–water partition coefficient (Wildman–Crippen LogP) is 5.07. The number of anilines is 1. The summed E-state index contributed by atoms with van der Waals surface area (Å²) in [4.78, 5) is 12.0. The largest absolute Gasteiger partial charge is 0.490 e. The lowest BCUT2D eigenvalue weighted by atomic mass is 9.97. The average Bonchev–Trinajstić information content (AvgIpc) is 3.32. The molecule has 0 aromatic heterocycles. The number of benzene rings is 2. The lowest BCUT2D eigenvalue weighted by Crippen LogP contribution is -2.41. The number of hydrogen-bond acceptors (Lipinski definition) is 4. The molecule has 0 radical (unpaired) electrons. The number of carbonyl (C=O) groups excluding carboxylic acids is 1. The van der Waals surface area contributed by atoms with Crippen LogP contribution in [0.1, 0.15) is 44.1 Å². The van der Waals surface area contributed by atoms with Gasteiger partial charge in [-0.05, 0) is 62.8 Å². The Balaban J connectivity index is 1.37. The molecule has 0 spiro atoms. The van der Waals surface area contributed by atoms with E-state index < -0.39 is 32.6 Å². The lowest BCUT2D eigenvalue weighted by Gasteiger charge is -2.31. The van der Waals surface area contributed by atoms with Crippen LogP contribution in [0.15, 0.2) is 53.4 Å². The van der Waals surface area contributed by atoms with Crippen LogP contribution in [0.5, 0.6) is 5.75 Å². The molecular formula is C24H27F3N2O4S. The Morgan fingerprint density at radius 1 is 0.971 bits per heavy atom. The first-order valence-electron chi connectivity index (χ1n) is 11.4. The Hall–Kier alpha value is -2.59. The summed E-state index contributed by atoms with van der Waals surface area (Å²) in [5.41, 5.74) is -0.593. The van der Waals surface area contributed by atoms with E-state index in [9.17, 15) is 26.4 Å². The van der Waals surface area contributed by atoms with Crippen LogP contribution in [-0.2, 0) is 21.0 Å². The Morgan fingerprint density at radius 2 is 1.65 bits per heavy atom. The maximum Gasteiger partial charge on any atom is 0.417 e. The number of ether oxygens (including phenoxy) is 1. The quantitative estimate of drug-likeness (QED) is 0.606. The number of nitrogens with one attached hydrogen (secondary N) is 1. The minimum absolute atomic E-state index is 0.0303. The molecule has 1 heterocycles. The van der Waals surface area contributed by atoms with Crippen LogP contribution < -0.4 is 10.1 Å². The topological polar surface area (TPSA) is 75.7 Å². The minimum atomic E-state index is -4.78. The number of carbonyl (C=O) groups is 1. The third kappa shape index (κ3) is 5.55. The summed E-state index contributed by atoms with van der Waals surface area (Å²) >= 11 is 0. The molecule has 1 amide bonds. The summed E-state index contributed by atoms with van der Waals surface area (Å²) in [5.74, 6) is 0.00316. The monoisotopic (exact) mass is 496 g/mol. The molecule has 0 bridgehead atoms. The molecule has 1 aliphatic heterocycles. The minimum Gasteiger partial charge on any atom is -0.490 e. The van der Waals surface area contributed by atoms with Crippen molar-refractivity contribution >= 4 is 21.6 Å². The van der Waals surface area contributed by atoms with Gasteiger partial charge in [-0.25, -0.2) is 8.42 Å². The molecule has 0 atom stereocenters. The zero-order valence-electron chi connectivity index (χ0n) is 18.6. The van der Waals surface area contributed by atoms with Crippen LogP contribution in [0.3, 0.4) is 0 Å². The normalized spacial score (nSPS) is 18.7. The second kappa shape index (κ2) is 9.95. The van der Waals surface area contributed by atoms with Gasteiger partial charge in [0.25, 0.3) is 0 Å². The van der Waals surface area contributed by atoms with Crippen molar-refractivity contribution < 1.29 is 31.1 Å². The third-order valence-corrected chi connectivity index (χ3v) is 8.30. The smallest absolute Gasteiger partial charge is 0.417 e.